The first-order valence-corrected chi connectivity index (χ1v) is 26.4. The highest BCUT2D eigenvalue weighted by Crippen LogP contribution is 2.37. The molecular weight excluding hydrogens is 859 g/mol. The zero-order valence-electron chi connectivity index (χ0n) is 42.5. The molecule has 4 unspecified atom stereocenters. The van der Waals surface area contributed by atoms with Gasteiger partial charge in [0.25, 0.3) is 0 Å². The van der Waals surface area contributed by atoms with Gasteiger partial charge in [-0.25, -0.2) is 0 Å². The fourth-order valence-electron chi connectivity index (χ4n) is 8.77. The molecule has 0 radical (unpaired) electrons. The van der Waals surface area contributed by atoms with Gasteiger partial charge in [-0.1, -0.05) is 151 Å². The van der Waals surface area contributed by atoms with Crippen LogP contribution in [0.2, 0.25) is 0 Å². The fraction of sp³-hybridized carbons (Fsp3) is 0.667. The SMILES string of the molecule is CCCCOC1C(OCCCC)[C@H]2OC(c3ccccc3)OCC2O[C@@H]1OC[C@H](NC(=O)CCCCCCCCCCc1ccc(OC(C)C)cc1)[C@H](OCCCC)[C@@H](C)OCc1ccccc1. The topological polar surface area (TPSA) is 112 Å². The van der Waals surface area contributed by atoms with Gasteiger partial charge in [-0.15, -0.1) is 0 Å². The molecule has 0 spiro atoms. The summed E-state index contributed by atoms with van der Waals surface area (Å²) in [6, 6.07) is 28.1. The summed E-state index contributed by atoms with van der Waals surface area (Å²) in [4.78, 5) is 13.9. The maximum Gasteiger partial charge on any atom is 0.220 e. The van der Waals surface area contributed by atoms with Crippen molar-refractivity contribution in [2.45, 2.75) is 212 Å². The van der Waals surface area contributed by atoms with Gasteiger partial charge in [0.2, 0.25) is 5.91 Å². The molecule has 1 amide bonds. The molecule has 3 aromatic rings. The number of unbranched alkanes of at least 4 members (excludes halogenated alkanes) is 10. The Labute approximate surface area is 409 Å². The monoisotopic (exact) mass is 946 g/mol. The highest BCUT2D eigenvalue weighted by atomic mass is 16.8. The summed E-state index contributed by atoms with van der Waals surface area (Å²) >= 11 is 0. The minimum Gasteiger partial charge on any atom is -0.491 e. The number of fused-ring (bicyclic) bond motifs is 1. The second kappa shape index (κ2) is 32.5. The smallest absolute Gasteiger partial charge is 0.220 e. The van der Waals surface area contributed by atoms with E-state index in [0.717, 1.165) is 81.1 Å². The molecule has 2 saturated heterocycles. The average Bonchev–Trinajstić information content (AvgIpc) is 3.35. The van der Waals surface area contributed by atoms with E-state index in [9.17, 15) is 4.79 Å². The minimum atomic E-state index is -0.812. The van der Waals surface area contributed by atoms with Crippen LogP contribution in [-0.2, 0) is 55.7 Å². The molecule has 0 aromatic heterocycles. The van der Waals surface area contributed by atoms with Gasteiger partial charge in [0, 0.05) is 31.8 Å². The second-order valence-corrected chi connectivity index (χ2v) is 18.9. The number of aryl methyl sites for hydroxylation is 1. The van der Waals surface area contributed by atoms with Crippen molar-refractivity contribution in [2.24, 2.45) is 0 Å². The molecule has 68 heavy (non-hydrogen) atoms. The third-order valence-corrected chi connectivity index (χ3v) is 12.7. The van der Waals surface area contributed by atoms with Crippen LogP contribution in [0.5, 0.6) is 5.75 Å². The summed E-state index contributed by atoms with van der Waals surface area (Å²) in [5.74, 6) is 0.911. The molecule has 11 heteroatoms. The summed E-state index contributed by atoms with van der Waals surface area (Å²) in [7, 11) is 0. The molecule has 5 rings (SSSR count). The van der Waals surface area contributed by atoms with Crippen LogP contribution in [-0.4, -0.2) is 94.0 Å². The van der Waals surface area contributed by atoms with Gasteiger partial charge >= 0.3 is 0 Å². The summed E-state index contributed by atoms with van der Waals surface area (Å²) in [5.41, 5.74) is 3.37. The maximum absolute atomic E-state index is 13.9. The Kier molecular flexibility index (Phi) is 26.5. The fourth-order valence-corrected chi connectivity index (χ4v) is 8.77. The summed E-state index contributed by atoms with van der Waals surface area (Å²) < 4.78 is 58.8. The molecular formula is C57H87NO10. The van der Waals surface area contributed by atoms with Crippen molar-refractivity contribution >= 4 is 5.91 Å². The molecule has 0 bridgehead atoms. The molecule has 0 aliphatic carbocycles. The predicted octanol–water partition coefficient (Wildman–Crippen LogP) is 12.0. The second-order valence-electron chi connectivity index (χ2n) is 18.9. The Morgan fingerprint density at radius 2 is 1.26 bits per heavy atom. The molecule has 2 aliphatic heterocycles. The van der Waals surface area contributed by atoms with Crippen LogP contribution in [0.1, 0.15) is 161 Å². The molecule has 2 heterocycles. The van der Waals surface area contributed by atoms with E-state index in [4.69, 9.17) is 42.6 Å². The maximum atomic E-state index is 13.9. The van der Waals surface area contributed by atoms with Crippen LogP contribution in [0.15, 0.2) is 84.9 Å². The zero-order valence-corrected chi connectivity index (χ0v) is 42.5. The summed E-state index contributed by atoms with van der Waals surface area (Å²) in [6.07, 6.45) is 12.2. The molecule has 9 atom stereocenters. The third kappa shape index (κ3) is 19.8. The number of nitrogens with one attached hydrogen (secondary N) is 1. The average molecular weight is 946 g/mol. The van der Waals surface area contributed by atoms with Gasteiger partial charge in [0.05, 0.1) is 38.1 Å². The summed E-state index contributed by atoms with van der Waals surface area (Å²) in [6.45, 7) is 15.0. The van der Waals surface area contributed by atoms with Gasteiger partial charge in [-0.3, -0.25) is 4.79 Å². The normalized spacial score (nSPS) is 21.8. The van der Waals surface area contributed by atoms with Crippen molar-refractivity contribution in [3.05, 3.63) is 102 Å². The van der Waals surface area contributed by atoms with E-state index in [2.05, 4.69) is 76.3 Å². The lowest BCUT2D eigenvalue weighted by molar-refractivity contribution is -0.371. The quantitative estimate of drug-likeness (QED) is 0.0572. The van der Waals surface area contributed by atoms with Crippen molar-refractivity contribution < 1.29 is 47.4 Å². The Morgan fingerprint density at radius 1 is 0.647 bits per heavy atom. The molecule has 380 valence electrons. The summed E-state index contributed by atoms with van der Waals surface area (Å²) in [5, 5.41) is 3.36. The molecule has 11 nitrogen and oxygen atoms in total. The van der Waals surface area contributed by atoms with E-state index < -0.39 is 49.1 Å². The van der Waals surface area contributed by atoms with Crippen molar-refractivity contribution in [1.82, 2.24) is 5.32 Å². The highest BCUT2D eigenvalue weighted by Gasteiger charge is 2.52. The number of carbonyl (C=O) groups excluding carboxylic acids is 1. The van der Waals surface area contributed by atoms with E-state index >= 15 is 0 Å². The first-order valence-electron chi connectivity index (χ1n) is 26.4. The number of carbonyl (C=O) groups is 1. The number of hydrogen-bond acceptors (Lipinski definition) is 10. The van der Waals surface area contributed by atoms with Crippen molar-refractivity contribution in [3.8, 4) is 5.75 Å². The van der Waals surface area contributed by atoms with E-state index in [1.54, 1.807) is 0 Å². The number of ether oxygens (including phenoxy) is 9. The van der Waals surface area contributed by atoms with E-state index in [1.165, 1.54) is 37.7 Å². The van der Waals surface area contributed by atoms with Crippen molar-refractivity contribution in [1.29, 1.82) is 0 Å². The lowest BCUT2D eigenvalue weighted by atomic mass is 9.97. The standard InChI is InChI=1S/C57H87NO10/c1-7-10-37-60-52(44(6)63-40-46-28-22-19-23-29-46)49(58-51(59)32-26-18-16-14-13-15-17-21-27-45-33-35-48(36-34-45)66-43(4)5)41-64-57-55(62-39-12-9-3)54(61-38-11-8-2)53-50(67-57)42-65-56(68-53)47-30-24-20-25-31-47/h19-20,22-25,28-31,33-36,43-44,49-50,52-57H,7-18,21,26-27,32,37-42H2,1-6H3,(H,58,59)/t44-,49+,50?,52-,53+,54?,55?,56?,57+/m1/s1. The lowest BCUT2D eigenvalue weighted by Gasteiger charge is -2.49. The lowest BCUT2D eigenvalue weighted by Crippen LogP contribution is -2.64. The molecule has 2 fully saturated rings. The molecule has 2 aliphatic rings. The van der Waals surface area contributed by atoms with Crippen LogP contribution in [0.3, 0.4) is 0 Å². The number of hydrogen-bond donors (Lipinski definition) is 1. The van der Waals surface area contributed by atoms with Gasteiger partial charge in [-0.2, -0.15) is 0 Å². The molecule has 3 aromatic carbocycles. The number of benzene rings is 3. The number of rotatable bonds is 35. The van der Waals surface area contributed by atoms with Crippen LogP contribution in [0.25, 0.3) is 0 Å². The van der Waals surface area contributed by atoms with Crippen molar-refractivity contribution in [2.75, 3.05) is 33.0 Å². The van der Waals surface area contributed by atoms with Gasteiger partial charge in [0.15, 0.2) is 12.6 Å². The van der Waals surface area contributed by atoms with Crippen LogP contribution < -0.4 is 10.1 Å². The van der Waals surface area contributed by atoms with Crippen LogP contribution in [0, 0.1) is 0 Å². The van der Waals surface area contributed by atoms with E-state index in [-0.39, 0.29) is 24.7 Å². The molecule has 0 saturated carbocycles. The Balaban J connectivity index is 1.21. The van der Waals surface area contributed by atoms with Gasteiger partial charge in [0.1, 0.15) is 36.3 Å². The van der Waals surface area contributed by atoms with Gasteiger partial charge in [-0.05, 0) is 82.6 Å². The van der Waals surface area contributed by atoms with E-state index in [1.807, 2.05) is 55.5 Å². The number of amides is 1. The first-order chi connectivity index (χ1) is 33.3. The Hall–Kier alpha value is -3.39. The molecule has 1 N–H and O–H groups in total. The highest BCUT2D eigenvalue weighted by molar-refractivity contribution is 5.76. The Morgan fingerprint density at radius 3 is 1.93 bits per heavy atom. The minimum absolute atomic E-state index is 0.0241. The van der Waals surface area contributed by atoms with Crippen molar-refractivity contribution in [3.63, 3.8) is 0 Å². The third-order valence-electron chi connectivity index (χ3n) is 12.7. The van der Waals surface area contributed by atoms with Crippen LogP contribution >= 0.6 is 0 Å². The zero-order chi connectivity index (χ0) is 48.2. The van der Waals surface area contributed by atoms with E-state index in [0.29, 0.717) is 39.5 Å². The van der Waals surface area contributed by atoms with Crippen LogP contribution in [0.4, 0.5) is 0 Å². The largest absolute Gasteiger partial charge is 0.491 e. The first kappa shape index (κ1) is 55.5. The van der Waals surface area contributed by atoms with Gasteiger partial charge < -0.3 is 47.9 Å². The Bertz CT molecular complexity index is 1730. The predicted molar refractivity (Wildman–Crippen MR) is 269 cm³/mol.